The van der Waals surface area contributed by atoms with E-state index in [9.17, 15) is 0 Å². The molecule has 5 rings (SSSR count). The molecule has 2 fully saturated rings. The zero-order valence-electron chi connectivity index (χ0n) is 18.1. The van der Waals surface area contributed by atoms with Crippen molar-refractivity contribution in [3.63, 3.8) is 0 Å². The van der Waals surface area contributed by atoms with Gasteiger partial charge in [0.15, 0.2) is 0 Å². The van der Waals surface area contributed by atoms with Crippen molar-refractivity contribution in [2.24, 2.45) is 11.8 Å². The largest absolute Gasteiger partial charge is 0.329 e. The molecule has 1 saturated carbocycles. The number of likely N-dealkylation sites (tertiary alicyclic amines) is 1. The van der Waals surface area contributed by atoms with Gasteiger partial charge in [-0.05, 0) is 93.1 Å². The fourth-order valence-corrected chi connectivity index (χ4v) is 6.31. The molecule has 2 unspecified atom stereocenters. The lowest BCUT2D eigenvalue weighted by Crippen LogP contribution is -2.37. The summed E-state index contributed by atoms with van der Waals surface area (Å²) in [6.07, 6.45) is 9.77. The Balaban J connectivity index is 1.19. The van der Waals surface area contributed by atoms with Crippen molar-refractivity contribution in [3.05, 3.63) is 58.1 Å². The van der Waals surface area contributed by atoms with Crippen LogP contribution in [0.4, 0.5) is 0 Å². The second-order valence-corrected chi connectivity index (χ2v) is 10.0. The van der Waals surface area contributed by atoms with E-state index in [0.29, 0.717) is 11.2 Å². The van der Waals surface area contributed by atoms with Crippen LogP contribution in [0.2, 0.25) is 10.4 Å². The first-order valence-corrected chi connectivity index (χ1v) is 12.3. The standard InChI is InChI=1S/C25H30Cl2N4/c1-17-16-31(24-22(17)23(26)28-25(27)29-24)21-8-7-20(15-21)19-10-13-30(14-11-19)12-9-18-5-3-2-4-6-18/h2-6,16,19-21H,7-15H2,1H3. The first kappa shape index (κ1) is 21.2. The maximum absolute atomic E-state index is 6.36. The number of benzene rings is 1. The first-order valence-electron chi connectivity index (χ1n) is 11.5. The number of piperidine rings is 1. The van der Waals surface area contributed by atoms with Crippen LogP contribution in [0.5, 0.6) is 0 Å². The molecular formula is C25H30Cl2N4. The molecule has 164 valence electrons. The van der Waals surface area contributed by atoms with Gasteiger partial charge in [-0.1, -0.05) is 41.9 Å². The summed E-state index contributed by atoms with van der Waals surface area (Å²) in [7, 11) is 0. The average Bonchev–Trinajstić information content (AvgIpc) is 3.38. The van der Waals surface area contributed by atoms with Crippen molar-refractivity contribution in [1.82, 2.24) is 19.4 Å². The van der Waals surface area contributed by atoms with Gasteiger partial charge in [-0.3, -0.25) is 0 Å². The van der Waals surface area contributed by atoms with E-state index in [1.165, 1.54) is 57.3 Å². The minimum absolute atomic E-state index is 0.231. The van der Waals surface area contributed by atoms with Crippen LogP contribution < -0.4 is 0 Å². The van der Waals surface area contributed by atoms with Crippen LogP contribution in [0.25, 0.3) is 11.0 Å². The highest BCUT2D eigenvalue weighted by Crippen LogP contribution is 2.44. The molecule has 1 aliphatic heterocycles. The highest BCUT2D eigenvalue weighted by Gasteiger charge is 2.34. The van der Waals surface area contributed by atoms with Crippen molar-refractivity contribution in [2.75, 3.05) is 19.6 Å². The average molecular weight is 457 g/mol. The quantitative estimate of drug-likeness (QED) is 0.331. The van der Waals surface area contributed by atoms with Gasteiger partial charge in [0.2, 0.25) is 5.28 Å². The third-order valence-corrected chi connectivity index (χ3v) is 7.93. The minimum atomic E-state index is 0.231. The highest BCUT2D eigenvalue weighted by molar-refractivity contribution is 6.35. The molecule has 2 atom stereocenters. The lowest BCUT2D eigenvalue weighted by Gasteiger charge is -2.35. The number of nitrogens with zero attached hydrogens (tertiary/aromatic N) is 4. The van der Waals surface area contributed by atoms with Crippen LogP contribution in [0.3, 0.4) is 0 Å². The fraction of sp³-hybridized carbons (Fsp3) is 0.520. The molecule has 2 aliphatic rings. The Morgan fingerprint density at radius 3 is 2.52 bits per heavy atom. The number of fused-ring (bicyclic) bond motifs is 1. The van der Waals surface area contributed by atoms with E-state index in [2.05, 4.69) is 62.9 Å². The highest BCUT2D eigenvalue weighted by atomic mass is 35.5. The third kappa shape index (κ3) is 4.48. The van der Waals surface area contributed by atoms with Gasteiger partial charge in [0.25, 0.3) is 0 Å². The van der Waals surface area contributed by atoms with E-state index in [1.807, 2.05) is 0 Å². The molecule has 6 heteroatoms. The maximum atomic E-state index is 6.36. The van der Waals surface area contributed by atoms with Crippen LogP contribution in [-0.4, -0.2) is 39.1 Å². The van der Waals surface area contributed by atoms with E-state index in [-0.39, 0.29) is 5.28 Å². The Morgan fingerprint density at radius 2 is 1.74 bits per heavy atom. The van der Waals surface area contributed by atoms with Crippen LogP contribution in [0.15, 0.2) is 36.5 Å². The lowest BCUT2D eigenvalue weighted by atomic mass is 9.83. The lowest BCUT2D eigenvalue weighted by molar-refractivity contribution is 0.148. The summed E-state index contributed by atoms with van der Waals surface area (Å²) in [6, 6.07) is 11.3. The maximum Gasteiger partial charge on any atom is 0.225 e. The van der Waals surface area contributed by atoms with Crippen molar-refractivity contribution in [1.29, 1.82) is 0 Å². The van der Waals surface area contributed by atoms with Gasteiger partial charge >= 0.3 is 0 Å². The van der Waals surface area contributed by atoms with Gasteiger partial charge in [0.05, 0.1) is 5.39 Å². The molecule has 0 N–H and O–H groups in total. The molecule has 1 saturated heterocycles. The number of aryl methyl sites for hydroxylation is 1. The Morgan fingerprint density at radius 1 is 0.968 bits per heavy atom. The van der Waals surface area contributed by atoms with Crippen molar-refractivity contribution < 1.29 is 0 Å². The predicted octanol–water partition coefficient (Wildman–Crippen LogP) is 6.34. The molecule has 3 heterocycles. The van der Waals surface area contributed by atoms with E-state index >= 15 is 0 Å². The molecule has 0 bridgehead atoms. The summed E-state index contributed by atoms with van der Waals surface area (Å²) in [5.41, 5.74) is 3.47. The van der Waals surface area contributed by atoms with Crippen molar-refractivity contribution in [2.45, 2.75) is 51.5 Å². The second kappa shape index (κ2) is 9.09. The molecule has 4 nitrogen and oxygen atoms in total. The summed E-state index contributed by atoms with van der Waals surface area (Å²) < 4.78 is 2.32. The summed E-state index contributed by atoms with van der Waals surface area (Å²) in [6.45, 7) is 5.74. The van der Waals surface area contributed by atoms with Gasteiger partial charge in [-0.2, -0.15) is 4.98 Å². The van der Waals surface area contributed by atoms with Crippen LogP contribution >= 0.6 is 23.2 Å². The summed E-state index contributed by atoms with van der Waals surface area (Å²) >= 11 is 12.5. The van der Waals surface area contributed by atoms with Crippen LogP contribution in [0, 0.1) is 18.8 Å². The minimum Gasteiger partial charge on any atom is -0.329 e. The molecule has 1 aliphatic carbocycles. The van der Waals surface area contributed by atoms with Gasteiger partial charge in [-0.15, -0.1) is 0 Å². The van der Waals surface area contributed by atoms with Gasteiger partial charge in [0, 0.05) is 18.8 Å². The molecule has 0 spiro atoms. The van der Waals surface area contributed by atoms with Crippen LogP contribution in [0.1, 0.15) is 49.3 Å². The molecule has 1 aromatic carbocycles. The molecule has 0 amide bonds. The van der Waals surface area contributed by atoms with Crippen molar-refractivity contribution in [3.8, 4) is 0 Å². The fourth-order valence-electron chi connectivity index (χ4n) is 5.79. The van der Waals surface area contributed by atoms with Gasteiger partial charge in [0.1, 0.15) is 10.8 Å². The zero-order valence-corrected chi connectivity index (χ0v) is 19.6. The third-order valence-electron chi connectivity index (χ3n) is 7.49. The number of halogens is 2. The number of hydrogen-bond acceptors (Lipinski definition) is 3. The summed E-state index contributed by atoms with van der Waals surface area (Å²) in [4.78, 5) is 11.3. The molecule has 3 aromatic rings. The monoisotopic (exact) mass is 456 g/mol. The smallest absolute Gasteiger partial charge is 0.225 e. The Bertz CT molecular complexity index is 1040. The number of hydrogen-bond donors (Lipinski definition) is 0. The Labute approximate surface area is 194 Å². The molecular weight excluding hydrogens is 427 g/mol. The summed E-state index contributed by atoms with van der Waals surface area (Å²) in [5, 5.41) is 1.64. The van der Waals surface area contributed by atoms with Gasteiger partial charge < -0.3 is 9.47 Å². The zero-order chi connectivity index (χ0) is 21.4. The SMILES string of the molecule is Cc1cn(C2CCC(C3CCN(CCc4ccccc4)CC3)C2)c2nc(Cl)nc(Cl)c12. The normalized spacial score (nSPS) is 23.1. The van der Waals surface area contributed by atoms with Crippen molar-refractivity contribution >= 4 is 34.2 Å². The van der Waals surface area contributed by atoms with Gasteiger partial charge in [-0.25, -0.2) is 4.98 Å². The first-order chi connectivity index (χ1) is 15.1. The summed E-state index contributed by atoms with van der Waals surface area (Å²) in [5.74, 6) is 1.66. The van der Waals surface area contributed by atoms with E-state index in [0.717, 1.165) is 34.9 Å². The molecule has 2 aromatic heterocycles. The Hall–Kier alpha value is -1.62. The Kier molecular flexibility index (Phi) is 6.23. The number of aromatic nitrogens is 3. The van der Waals surface area contributed by atoms with E-state index in [1.54, 1.807) is 0 Å². The second-order valence-electron chi connectivity index (χ2n) is 9.34. The predicted molar refractivity (Wildman–Crippen MR) is 128 cm³/mol. The van der Waals surface area contributed by atoms with E-state index < -0.39 is 0 Å². The number of rotatable bonds is 5. The molecule has 31 heavy (non-hydrogen) atoms. The topological polar surface area (TPSA) is 34.0 Å². The van der Waals surface area contributed by atoms with Crippen LogP contribution in [-0.2, 0) is 6.42 Å². The molecule has 0 radical (unpaired) electrons. The van der Waals surface area contributed by atoms with E-state index in [4.69, 9.17) is 23.2 Å².